The second-order valence-electron chi connectivity index (χ2n) is 22.8. The van der Waals surface area contributed by atoms with Crippen LogP contribution in [-0.4, -0.2) is 47.4 Å². The number of ether oxygens (including phenoxy) is 1. The zero-order chi connectivity index (χ0) is 54.3. The Morgan fingerprint density at radius 3 is 1.04 bits per heavy atom. The summed E-state index contributed by atoms with van der Waals surface area (Å²) in [4.78, 5) is 24.6. The molecule has 0 aliphatic carbocycles. The molecule has 0 aliphatic rings. The van der Waals surface area contributed by atoms with E-state index in [1.54, 1.807) is 6.08 Å². The average Bonchev–Trinajstić information content (AvgIpc) is 3.41. The molecule has 75 heavy (non-hydrogen) atoms. The molecule has 0 fully saturated rings. The molecular formula is C69H129NO5. The van der Waals surface area contributed by atoms with Gasteiger partial charge in [0.25, 0.3) is 0 Å². The summed E-state index contributed by atoms with van der Waals surface area (Å²) in [5.74, 6) is -0.0644. The largest absolute Gasteiger partial charge is 0.466 e. The van der Waals surface area contributed by atoms with Crippen LogP contribution < -0.4 is 5.32 Å². The molecule has 6 heteroatoms. The summed E-state index contributed by atoms with van der Waals surface area (Å²) < 4.78 is 5.50. The van der Waals surface area contributed by atoms with Gasteiger partial charge in [-0.2, -0.15) is 0 Å². The monoisotopic (exact) mass is 1050 g/mol. The van der Waals surface area contributed by atoms with Gasteiger partial charge < -0.3 is 20.3 Å². The minimum absolute atomic E-state index is 0.00563. The van der Waals surface area contributed by atoms with E-state index in [-0.39, 0.29) is 18.5 Å². The van der Waals surface area contributed by atoms with Crippen LogP contribution in [0.3, 0.4) is 0 Å². The van der Waals surface area contributed by atoms with Crippen molar-refractivity contribution in [2.45, 2.75) is 366 Å². The van der Waals surface area contributed by atoms with Gasteiger partial charge in [-0.1, -0.05) is 300 Å². The first-order valence-electron chi connectivity index (χ1n) is 33.4. The molecule has 0 aromatic heterocycles. The lowest BCUT2D eigenvalue weighted by Gasteiger charge is -2.20. The topological polar surface area (TPSA) is 95.9 Å². The Balaban J connectivity index is 3.41. The van der Waals surface area contributed by atoms with Crippen molar-refractivity contribution >= 4 is 11.9 Å². The van der Waals surface area contributed by atoms with E-state index in [4.69, 9.17) is 4.74 Å². The Morgan fingerprint density at radius 1 is 0.373 bits per heavy atom. The molecule has 2 atom stereocenters. The lowest BCUT2D eigenvalue weighted by molar-refractivity contribution is -0.143. The van der Waals surface area contributed by atoms with Crippen LogP contribution in [0.2, 0.25) is 0 Å². The third-order valence-electron chi connectivity index (χ3n) is 15.3. The number of amides is 1. The number of allylic oxidation sites excluding steroid dienone is 7. The number of carbonyl (C=O) groups excluding carboxylic acids is 2. The van der Waals surface area contributed by atoms with Crippen molar-refractivity contribution in [1.29, 1.82) is 0 Å². The highest BCUT2D eigenvalue weighted by Gasteiger charge is 2.18. The second kappa shape index (κ2) is 64.3. The van der Waals surface area contributed by atoms with Gasteiger partial charge in [-0.15, -0.1) is 0 Å². The van der Waals surface area contributed by atoms with Crippen molar-refractivity contribution in [3.05, 3.63) is 48.6 Å². The number of carbonyl (C=O) groups is 2. The van der Waals surface area contributed by atoms with Crippen molar-refractivity contribution < 1.29 is 24.5 Å². The number of aliphatic hydroxyl groups is 2. The second-order valence-corrected chi connectivity index (χ2v) is 22.8. The van der Waals surface area contributed by atoms with Crippen LogP contribution in [0.5, 0.6) is 0 Å². The molecule has 0 aromatic carbocycles. The van der Waals surface area contributed by atoms with Crippen LogP contribution in [0.15, 0.2) is 48.6 Å². The molecule has 0 aromatic rings. The summed E-state index contributed by atoms with van der Waals surface area (Å²) in [5.41, 5.74) is 0. The first kappa shape index (κ1) is 72.8. The molecular weight excluding hydrogens is 923 g/mol. The predicted octanol–water partition coefficient (Wildman–Crippen LogP) is 21.3. The van der Waals surface area contributed by atoms with Gasteiger partial charge in [-0.05, 0) is 89.9 Å². The number of aliphatic hydroxyl groups excluding tert-OH is 2. The number of unbranched alkanes of at least 4 members (excludes halogenated alkanes) is 45. The molecule has 0 radical (unpaired) electrons. The summed E-state index contributed by atoms with van der Waals surface area (Å²) in [5, 5.41) is 23.1. The van der Waals surface area contributed by atoms with Gasteiger partial charge in [0.15, 0.2) is 0 Å². The minimum atomic E-state index is -0.847. The number of hydrogen-bond donors (Lipinski definition) is 3. The Kier molecular flexibility index (Phi) is 62.5. The summed E-state index contributed by atoms with van der Waals surface area (Å²) >= 11 is 0. The standard InChI is InChI=1S/C69H129NO5/c1-3-5-7-9-11-13-15-17-19-20-31-35-39-43-47-51-55-59-63-69(74)75-64-60-56-52-48-44-40-36-32-29-27-25-23-21-22-24-26-28-30-34-38-42-46-50-54-58-62-68(73)70-66(65-71)67(72)61-57-53-49-45-41-37-33-18-16-14-12-10-8-6-4-2/h13,15,19-20,22,24,57,61,66-67,71-72H,3-12,14,16-18,21,23,25-56,58-60,62-65H2,1-2H3,(H,70,73)/b15-13-,20-19-,24-22-,61-57+. The smallest absolute Gasteiger partial charge is 0.305 e. The van der Waals surface area contributed by atoms with Crippen molar-refractivity contribution in [3.8, 4) is 0 Å². The SMILES string of the molecule is CCCCCC/C=C\C/C=C\CCCCCCCCCC(=O)OCCCCCCCCCCCCCC/C=C\CCCCCCCCCCCC(=O)NC(CO)C(O)/C=C/CCCCCCCCCCCCCCC. The minimum Gasteiger partial charge on any atom is -0.466 e. The molecule has 0 spiro atoms. The highest BCUT2D eigenvalue weighted by molar-refractivity contribution is 5.76. The van der Waals surface area contributed by atoms with E-state index in [0.717, 1.165) is 51.4 Å². The summed E-state index contributed by atoms with van der Waals surface area (Å²) in [7, 11) is 0. The Hall–Kier alpha value is -2.18. The number of esters is 1. The Morgan fingerprint density at radius 2 is 0.667 bits per heavy atom. The van der Waals surface area contributed by atoms with Crippen LogP contribution >= 0.6 is 0 Å². The van der Waals surface area contributed by atoms with Crippen molar-refractivity contribution in [1.82, 2.24) is 5.32 Å². The molecule has 6 nitrogen and oxygen atoms in total. The fourth-order valence-corrected chi connectivity index (χ4v) is 10.2. The first-order valence-corrected chi connectivity index (χ1v) is 33.4. The first-order chi connectivity index (χ1) is 37.0. The molecule has 0 saturated carbocycles. The lowest BCUT2D eigenvalue weighted by atomic mass is 10.0. The van der Waals surface area contributed by atoms with Gasteiger partial charge in [-0.25, -0.2) is 0 Å². The van der Waals surface area contributed by atoms with Crippen molar-refractivity contribution in [2.24, 2.45) is 0 Å². The van der Waals surface area contributed by atoms with Gasteiger partial charge in [0.1, 0.15) is 0 Å². The quantitative estimate of drug-likeness (QED) is 0.0320. The maximum Gasteiger partial charge on any atom is 0.305 e. The molecule has 0 heterocycles. The number of rotatable bonds is 62. The normalized spacial score (nSPS) is 12.9. The van der Waals surface area contributed by atoms with Crippen LogP contribution in [0, 0.1) is 0 Å². The van der Waals surface area contributed by atoms with E-state index in [1.165, 1.54) is 276 Å². The highest BCUT2D eigenvalue weighted by atomic mass is 16.5. The maximum atomic E-state index is 12.5. The molecule has 0 rings (SSSR count). The molecule has 440 valence electrons. The Bertz CT molecular complexity index is 1260. The van der Waals surface area contributed by atoms with Crippen LogP contribution in [-0.2, 0) is 14.3 Å². The molecule has 1 amide bonds. The van der Waals surface area contributed by atoms with E-state index < -0.39 is 12.1 Å². The molecule has 0 bridgehead atoms. The van der Waals surface area contributed by atoms with E-state index in [2.05, 4.69) is 55.6 Å². The van der Waals surface area contributed by atoms with Crippen LogP contribution in [0.25, 0.3) is 0 Å². The maximum absolute atomic E-state index is 12.5. The van der Waals surface area contributed by atoms with Gasteiger partial charge >= 0.3 is 5.97 Å². The van der Waals surface area contributed by atoms with Gasteiger partial charge in [-0.3, -0.25) is 9.59 Å². The zero-order valence-electron chi connectivity index (χ0n) is 50.3. The van der Waals surface area contributed by atoms with Crippen LogP contribution in [0.4, 0.5) is 0 Å². The average molecular weight is 1050 g/mol. The van der Waals surface area contributed by atoms with Crippen LogP contribution in [0.1, 0.15) is 354 Å². The van der Waals surface area contributed by atoms with Crippen molar-refractivity contribution in [3.63, 3.8) is 0 Å². The van der Waals surface area contributed by atoms with Crippen molar-refractivity contribution in [2.75, 3.05) is 13.2 Å². The third kappa shape index (κ3) is 60.9. The Labute approximate surface area is 467 Å². The highest BCUT2D eigenvalue weighted by Crippen LogP contribution is 2.17. The van der Waals surface area contributed by atoms with Gasteiger partial charge in [0.05, 0.1) is 25.4 Å². The van der Waals surface area contributed by atoms with E-state index in [9.17, 15) is 19.8 Å². The summed E-state index contributed by atoms with van der Waals surface area (Å²) in [6.45, 7) is 4.90. The molecule has 0 saturated heterocycles. The summed E-state index contributed by atoms with van der Waals surface area (Å²) in [6.07, 6.45) is 83.1. The molecule has 3 N–H and O–H groups in total. The van der Waals surface area contributed by atoms with E-state index in [0.29, 0.717) is 19.4 Å². The number of nitrogens with one attached hydrogen (secondary N) is 1. The van der Waals surface area contributed by atoms with Gasteiger partial charge in [0, 0.05) is 12.8 Å². The lowest BCUT2D eigenvalue weighted by Crippen LogP contribution is -2.45. The van der Waals surface area contributed by atoms with E-state index in [1.807, 2.05) is 6.08 Å². The zero-order valence-corrected chi connectivity index (χ0v) is 50.3. The molecule has 2 unspecified atom stereocenters. The van der Waals surface area contributed by atoms with Gasteiger partial charge in [0.2, 0.25) is 5.91 Å². The fourth-order valence-electron chi connectivity index (χ4n) is 10.2. The number of hydrogen-bond acceptors (Lipinski definition) is 5. The summed E-state index contributed by atoms with van der Waals surface area (Å²) in [6, 6.07) is -0.631. The molecule has 0 aliphatic heterocycles. The fraction of sp³-hybridized carbons (Fsp3) is 0.855. The van der Waals surface area contributed by atoms with E-state index >= 15 is 0 Å². The third-order valence-corrected chi connectivity index (χ3v) is 15.3. The predicted molar refractivity (Wildman–Crippen MR) is 329 cm³/mol.